The number of anilines is 1. The largest absolute Gasteiger partial charge is 0.496 e. The minimum absolute atomic E-state index is 0.256. The monoisotopic (exact) mass is 592 g/mol. The predicted octanol–water partition coefficient (Wildman–Crippen LogP) is 4.88. The second kappa shape index (κ2) is 13.1. The Morgan fingerprint density at radius 1 is 1.06 bits per heavy atom. The summed E-state index contributed by atoms with van der Waals surface area (Å²) in [7, 11) is 1.51. The van der Waals surface area contributed by atoms with Gasteiger partial charge in [-0.1, -0.05) is 22.6 Å². The molecule has 3 aromatic rings. The Morgan fingerprint density at radius 3 is 2.60 bits per heavy atom. The Morgan fingerprint density at radius 2 is 1.89 bits per heavy atom. The van der Waals surface area contributed by atoms with Gasteiger partial charge in [-0.3, -0.25) is 9.78 Å². The number of urea groups is 1. The Hall–Kier alpha value is -3.12. The maximum Gasteiger partial charge on any atom is 0.319 e. The van der Waals surface area contributed by atoms with Crippen molar-refractivity contribution in [3.63, 3.8) is 0 Å². The molecule has 186 valence electrons. The third-order valence-electron chi connectivity index (χ3n) is 5.04. The lowest BCUT2D eigenvalue weighted by molar-refractivity contribution is 0.0920. The number of ether oxygens (including phenoxy) is 3. The first kappa shape index (κ1) is 26.5. The number of hydrogen-bond donors (Lipinski definition) is 3. The fourth-order valence-corrected chi connectivity index (χ4v) is 4.01. The molecule has 10 heteroatoms. The van der Waals surface area contributed by atoms with Gasteiger partial charge < -0.3 is 30.2 Å². The summed E-state index contributed by atoms with van der Waals surface area (Å²) in [6.07, 6.45) is 1.64. The highest BCUT2D eigenvalue weighted by molar-refractivity contribution is 14.1. The Labute approximate surface area is 218 Å². The van der Waals surface area contributed by atoms with Crippen LogP contribution in [0.2, 0.25) is 0 Å². The summed E-state index contributed by atoms with van der Waals surface area (Å²) >= 11 is 2.24. The minimum atomic E-state index is -0.272. The predicted molar refractivity (Wildman–Crippen MR) is 144 cm³/mol. The molecule has 0 fully saturated rings. The van der Waals surface area contributed by atoms with Gasteiger partial charge in [-0.15, -0.1) is 0 Å². The van der Waals surface area contributed by atoms with Crippen LogP contribution in [0.5, 0.6) is 17.2 Å². The zero-order valence-corrected chi connectivity index (χ0v) is 22.1. The van der Waals surface area contributed by atoms with Crippen LogP contribution in [0, 0.1) is 0 Å². The van der Waals surface area contributed by atoms with Gasteiger partial charge in [-0.25, -0.2) is 4.79 Å². The molecule has 0 aliphatic carbocycles. The van der Waals surface area contributed by atoms with Crippen LogP contribution >= 0.6 is 22.6 Å². The first-order chi connectivity index (χ1) is 17.0. The molecule has 0 aliphatic heterocycles. The molecule has 0 radical (unpaired) electrons. The van der Waals surface area contributed by atoms with E-state index in [4.69, 9.17) is 14.2 Å². The van der Waals surface area contributed by atoms with Crippen molar-refractivity contribution in [1.82, 2.24) is 15.6 Å². The van der Waals surface area contributed by atoms with Crippen molar-refractivity contribution in [1.29, 1.82) is 0 Å². The molecule has 0 aliphatic rings. The van der Waals surface area contributed by atoms with E-state index in [1.165, 1.54) is 7.11 Å². The minimum Gasteiger partial charge on any atom is -0.496 e. The number of carbonyl (C=O) groups excluding carboxylic acids is 2. The lowest BCUT2D eigenvalue weighted by Crippen LogP contribution is -2.28. The summed E-state index contributed by atoms with van der Waals surface area (Å²) in [5.41, 5.74) is 2.65. The van der Waals surface area contributed by atoms with Gasteiger partial charge in [-0.2, -0.15) is 0 Å². The quantitative estimate of drug-likeness (QED) is 0.166. The van der Waals surface area contributed by atoms with Crippen molar-refractivity contribution < 1.29 is 23.8 Å². The summed E-state index contributed by atoms with van der Waals surface area (Å²) < 4.78 is 17.6. The van der Waals surface area contributed by atoms with Crippen molar-refractivity contribution in [3.05, 3.63) is 53.7 Å². The lowest BCUT2D eigenvalue weighted by Gasteiger charge is -2.15. The highest BCUT2D eigenvalue weighted by Crippen LogP contribution is 2.34. The Balaban J connectivity index is 1.90. The molecular formula is C25H29IN4O5. The molecule has 0 unspecified atom stereocenters. The van der Waals surface area contributed by atoms with Crippen molar-refractivity contribution in [2.24, 2.45) is 0 Å². The molecule has 3 amide bonds. The second-order valence-corrected chi connectivity index (χ2v) is 8.13. The molecule has 0 spiro atoms. The molecule has 1 aromatic heterocycles. The fourth-order valence-electron chi connectivity index (χ4n) is 3.38. The number of aromatic nitrogens is 1. The molecule has 9 nitrogen and oxygen atoms in total. The summed E-state index contributed by atoms with van der Waals surface area (Å²) in [5, 5.41) is 9.09. The number of benzene rings is 2. The van der Waals surface area contributed by atoms with E-state index in [9.17, 15) is 9.59 Å². The average molecular weight is 592 g/mol. The van der Waals surface area contributed by atoms with E-state index in [2.05, 4.69) is 43.5 Å². The highest BCUT2D eigenvalue weighted by atomic mass is 127. The zero-order valence-electron chi connectivity index (χ0n) is 19.9. The van der Waals surface area contributed by atoms with Gasteiger partial charge >= 0.3 is 6.03 Å². The van der Waals surface area contributed by atoms with Crippen LogP contribution in [0.15, 0.2) is 42.6 Å². The molecule has 0 bridgehead atoms. The van der Waals surface area contributed by atoms with E-state index in [1.54, 1.807) is 30.5 Å². The van der Waals surface area contributed by atoms with Gasteiger partial charge in [0.2, 0.25) is 0 Å². The zero-order chi connectivity index (χ0) is 25.2. The molecular weight excluding hydrogens is 563 g/mol. The smallest absolute Gasteiger partial charge is 0.319 e. The number of fused-ring (bicyclic) bond motifs is 1. The van der Waals surface area contributed by atoms with E-state index in [1.807, 2.05) is 26.0 Å². The molecule has 0 atom stereocenters. The number of pyridine rings is 1. The van der Waals surface area contributed by atoms with Gasteiger partial charge in [0, 0.05) is 47.5 Å². The molecule has 2 aromatic carbocycles. The standard InChI is InChI=1S/C25H29IN4O5/c1-4-27-25(32)30-20-7-6-17(12-16(20)15-26)35-22-8-9-28-21-14-23(33-3)19(13-18(21)22)24(31)29-10-11-34-5-2/h6-9,12-14H,4-5,10-11,15H2,1-3H3,(H,29,31)(H2,27,30,32). The first-order valence-corrected chi connectivity index (χ1v) is 12.8. The van der Waals surface area contributed by atoms with E-state index in [0.717, 1.165) is 5.56 Å². The van der Waals surface area contributed by atoms with Crippen LogP contribution in [0.25, 0.3) is 10.9 Å². The van der Waals surface area contributed by atoms with E-state index in [0.29, 0.717) is 70.1 Å². The normalized spacial score (nSPS) is 10.6. The van der Waals surface area contributed by atoms with Crippen LogP contribution < -0.4 is 25.4 Å². The van der Waals surface area contributed by atoms with Crippen molar-refractivity contribution in [3.8, 4) is 17.2 Å². The molecule has 0 saturated heterocycles. The molecule has 3 rings (SSSR count). The number of hydrogen-bond acceptors (Lipinski definition) is 6. The summed E-state index contributed by atoms with van der Waals surface area (Å²) in [5.74, 6) is 1.30. The fraction of sp³-hybridized carbons (Fsp3) is 0.320. The SMILES string of the molecule is CCNC(=O)Nc1ccc(Oc2ccnc3cc(OC)c(C(=O)NCCOCC)cc23)cc1CI. The third-order valence-corrected chi connectivity index (χ3v) is 5.86. The van der Waals surface area contributed by atoms with Gasteiger partial charge in [0.05, 0.1) is 24.8 Å². The third kappa shape index (κ3) is 6.95. The van der Waals surface area contributed by atoms with E-state index < -0.39 is 0 Å². The topological polar surface area (TPSA) is 111 Å². The number of nitrogens with one attached hydrogen (secondary N) is 3. The van der Waals surface area contributed by atoms with Crippen molar-refractivity contribution in [2.45, 2.75) is 18.3 Å². The second-order valence-electron chi connectivity index (χ2n) is 7.37. The number of alkyl halides is 1. The van der Waals surface area contributed by atoms with E-state index >= 15 is 0 Å². The Kier molecular flexibility index (Phi) is 9.91. The van der Waals surface area contributed by atoms with Crippen molar-refractivity contribution in [2.75, 3.05) is 38.7 Å². The van der Waals surface area contributed by atoms with Crippen LogP contribution in [0.3, 0.4) is 0 Å². The van der Waals surface area contributed by atoms with Crippen LogP contribution in [-0.2, 0) is 9.16 Å². The van der Waals surface area contributed by atoms with E-state index in [-0.39, 0.29) is 11.9 Å². The maximum atomic E-state index is 12.8. The molecule has 1 heterocycles. The van der Waals surface area contributed by atoms with Gasteiger partial charge in [-0.05, 0) is 49.7 Å². The summed E-state index contributed by atoms with van der Waals surface area (Å²) in [6.45, 7) is 5.71. The summed E-state index contributed by atoms with van der Waals surface area (Å²) in [4.78, 5) is 29.1. The number of amides is 3. The Bertz CT molecular complexity index is 1190. The average Bonchev–Trinajstić information content (AvgIpc) is 2.86. The molecule has 35 heavy (non-hydrogen) atoms. The van der Waals surface area contributed by atoms with Gasteiger partial charge in [0.15, 0.2) is 0 Å². The molecule has 3 N–H and O–H groups in total. The van der Waals surface area contributed by atoms with Gasteiger partial charge in [0.1, 0.15) is 17.2 Å². The van der Waals surface area contributed by atoms with Gasteiger partial charge in [0.25, 0.3) is 5.91 Å². The highest BCUT2D eigenvalue weighted by Gasteiger charge is 2.17. The number of halogens is 1. The maximum absolute atomic E-state index is 12.8. The van der Waals surface area contributed by atoms with Crippen molar-refractivity contribution >= 4 is 51.1 Å². The van der Waals surface area contributed by atoms with Crippen LogP contribution in [0.4, 0.5) is 10.5 Å². The number of rotatable bonds is 11. The lowest BCUT2D eigenvalue weighted by atomic mass is 10.1. The number of methoxy groups -OCH3 is 1. The first-order valence-electron chi connectivity index (χ1n) is 11.2. The number of carbonyl (C=O) groups is 2. The molecule has 0 saturated carbocycles. The summed E-state index contributed by atoms with van der Waals surface area (Å²) in [6, 6.07) is 10.4. The van der Waals surface area contributed by atoms with Crippen LogP contribution in [-0.4, -0.2) is 50.3 Å². The number of nitrogens with zero attached hydrogens (tertiary/aromatic N) is 1. The van der Waals surface area contributed by atoms with Crippen LogP contribution in [0.1, 0.15) is 29.8 Å².